The van der Waals surface area contributed by atoms with Crippen molar-refractivity contribution >= 4 is 17.2 Å². The average molecular weight is 523 g/mol. The van der Waals surface area contributed by atoms with Crippen molar-refractivity contribution in [2.24, 2.45) is 17.8 Å². The molecule has 5 unspecified atom stereocenters. The Balaban J connectivity index is 1.08. The van der Waals surface area contributed by atoms with Crippen LogP contribution in [0.4, 0.5) is 0 Å². The van der Waals surface area contributed by atoms with Crippen molar-refractivity contribution in [3.63, 3.8) is 0 Å². The van der Waals surface area contributed by atoms with Crippen molar-refractivity contribution in [3.8, 4) is 5.75 Å². The van der Waals surface area contributed by atoms with E-state index in [9.17, 15) is 4.79 Å². The predicted molar refractivity (Wildman–Crippen MR) is 148 cm³/mol. The van der Waals surface area contributed by atoms with Crippen LogP contribution in [0.25, 0.3) is 0 Å². The normalized spacial score (nSPS) is 30.2. The molecule has 3 N–H and O–H groups in total. The van der Waals surface area contributed by atoms with Gasteiger partial charge in [0.05, 0.1) is 12.1 Å². The lowest BCUT2D eigenvalue weighted by Crippen LogP contribution is -2.42. The van der Waals surface area contributed by atoms with Crippen molar-refractivity contribution in [1.82, 2.24) is 21.1 Å². The smallest absolute Gasteiger partial charge is 0.223 e. The minimum atomic E-state index is 0.0834. The third-order valence-electron chi connectivity index (χ3n) is 9.40. The minimum Gasteiger partial charge on any atom is -0.490 e. The summed E-state index contributed by atoms with van der Waals surface area (Å²) in [6.07, 6.45) is 10.4. The topological polar surface area (TPSA) is 65.6 Å². The van der Waals surface area contributed by atoms with E-state index in [-0.39, 0.29) is 23.9 Å². The molecule has 2 saturated carbocycles. The number of carbonyl (C=O) groups is 1. The summed E-state index contributed by atoms with van der Waals surface area (Å²) in [6, 6.07) is 11.7. The second-order valence-electron chi connectivity index (χ2n) is 11.8. The highest BCUT2D eigenvalue weighted by molar-refractivity contribution is 7.08. The van der Waals surface area contributed by atoms with Gasteiger partial charge in [-0.2, -0.15) is 11.3 Å². The van der Waals surface area contributed by atoms with Gasteiger partial charge in [0, 0.05) is 25.0 Å². The van der Waals surface area contributed by atoms with Crippen LogP contribution in [0, 0.1) is 17.8 Å². The van der Waals surface area contributed by atoms with Crippen LogP contribution in [0.5, 0.6) is 5.75 Å². The van der Waals surface area contributed by atoms with E-state index in [2.05, 4.69) is 69.2 Å². The van der Waals surface area contributed by atoms with E-state index in [1.54, 1.807) is 11.3 Å². The fraction of sp³-hybridized carbons (Fsp3) is 0.633. The number of fused-ring (bicyclic) bond motifs is 1. The van der Waals surface area contributed by atoms with Gasteiger partial charge in [0.2, 0.25) is 5.91 Å². The van der Waals surface area contributed by atoms with E-state index in [0.717, 1.165) is 50.9 Å². The summed E-state index contributed by atoms with van der Waals surface area (Å²) in [7, 11) is 2.18. The number of rotatable bonds is 7. The zero-order valence-corrected chi connectivity index (χ0v) is 22.8. The van der Waals surface area contributed by atoms with Gasteiger partial charge in [0.1, 0.15) is 11.9 Å². The van der Waals surface area contributed by atoms with Crippen LogP contribution in [0.15, 0.2) is 41.1 Å². The maximum absolute atomic E-state index is 13.6. The first kappa shape index (κ1) is 25.4. The molecule has 0 bridgehead atoms. The van der Waals surface area contributed by atoms with Crippen molar-refractivity contribution in [1.29, 1.82) is 0 Å². The molecule has 2 aliphatic heterocycles. The number of nitrogens with one attached hydrogen (secondary N) is 3. The van der Waals surface area contributed by atoms with Gasteiger partial charge < -0.3 is 15.0 Å². The van der Waals surface area contributed by atoms with Gasteiger partial charge in [0.25, 0.3) is 0 Å². The highest BCUT2D eigenvalue weighted by Gasteiger charge is 2.43. The Bertz CT molecular complexity index is 1010. The van der Waals surface area contributed by atoms with Crippen LogP contribution >= 0.6 is 11.3 Å². The Morgan fingerprint density at radius 3 is 2.54 bits per heavy atom. The van der Waals surface area contributed by atoms with Crippen LogP contribution < -0.4 is 20.9 Å². The first-order valence-electron chi connectivity index (χ1n) is 14.4. The molecular formula is C30H42N4O2S. The molecule has 5 atom stereocenters. The zero-order valence-electron chi connectivity index (χ0n) is 22.0. The highest BCUT2D eigenvalue weighted by Crippen LogP contribution is 2.42. The molecule has 0 radical (unpaired) electrons. The van der Waals surface area contributed by atoms with E-state index >= 15 is 0 Å². The molecule has 6 nitrogen and oxygen atoms in total. The van der Waals surface area contributed by atoms with Crippen molar-refractivity contribution in [2.75, 3.05) is 20.1 Å². The van der Waals surface area contributed by atoms with Gasteiger partial charge >= 0.3 is 0 Å². The van der Waals surface area contributed by atoms with E-state index in [0.29, 0.717) is 24.0 Å². The summed E-state index contributed by atoms with van der Waals surface area (Å²) in [6.45, 7) is 2.21. The van der Waals surface area contributed by atoms with E-state index in [1.807, 2.05) is 0 Å². The number of piperidine rings is 1. The Kier molecular flexibility index (Phi) is 7.84. The van der Waals surface area contributed by atoms with Crippen LogP contribution in [-0.2, 0) is 4.79 Å². The van der Waals surface area contributed by atoms with Crippen LogP contribution in [-0.4, -0.2) is 43.1 Å². The number of amides is 1. The highest BCUT2D eigenvalue weighted by atomic mass is 32.1. The minimum absolute atomic E-state index is 0.0834. The lowest BCUT2D eigenvalue weighted by molar-refractivity contribution is -0.127. The second-order valence-corrected chi connectivity index (χ2v) is 12.6. The van der Waals surface area contributed by atoms with E-state index in [4.69, 9.17) is 4.74 Å². The molecule has 4 aliphatic rings. The van der Waals surface area contributed by atoms with Crippen LogP contribution in [0.1, 0.15) is 81.0 Å². The molecule has 1 aromatic carbocycles. The van der Waals surface area contributed by atoms with Gasteiger partial charge in [-0.1, -0.05) is 25.0 Å². The van der Waals surface area contributed by atoms with E-state index in [1.165, 1.54) is 36.8 Å². The standard InChI is InChI=1S/C30H42N4O2S/c1-34-15-12-25(13-16-34)36-24-9-6-21(7-10-24)29-26-18-22(8-11-27(26)32-33-29)30(35)31-28(20-4-2-3-5-20)23-14-17-37-19-23/h6-7,9-10,14,17,19-20,22,25-29,32-33H,2-5,8,11-13,15-16,18H2,1H3,(H,31,35). The molecule has 2 aliphatic carbocycles. The number of ether oxygens (including phenoxy) is 1. The molecule has 37 heavy (non-hydrogen) atoms. The monoisotopic (exact) mass is 522 g/mol. The molecule has 6 rings (SSSR count). The number of nitrogens with zero attached hydrogens (tertiary/aromatic N) is 1. The van der Waals surface area contributed by atoms with Gasteiger partial charge in [-0.3, -0.25) is 10.2 Å². The third kappa shape index (κ3) is 5.75. The summed E-state index contributed by atoms with van der Waals surface area (Å²) in [5, 5.41) is 7.88. The number of carbonyl (C=O) groups excluding carboxylic acids is 1. The zero-order chi connectivity index (χ0) is 25.2. The number of benzene rings is 1. The van der Waals surface area contributed by atoms with Gasteiger partial charge in [-0.15, -0.1) is 0 Å². The van der Waals surface area contributed by atoms with Crippen molar-refractivity contribution in [3.05, 3.63) is 52.2 Å². The Hall–Kier alpha value is -1.93. The molecule has 200 valence electrons. The van der Waals surface area contributed by atoms with Crippen LogP contribution in [0.3, 0.4) is 0 Å². The molecule has 1 amide bonds. The fourth-order valence-electron chi connectivity index (χ4n) is 7.16. The SMILES string of the molecule is CN1CCC(Oc2ccc(C3NNC4CCC(C(=O)NC(c5ccsc5)C5CCCC5)CC43)cc2)CC1. The van der Waals surface area contributed by atoms with Gasteiger partial charge in [0.15, 0.2) is 0 Å². The predicted octanol–water partition coefficient (Wildman–Crippen LogP) is 5.20. The van der Waals surface area contributed by atoms with Gasteiger partial charge in [-0.05, 0) is 104 Å². The quantitative estimate of drug-likeness (QED) is 0.466. The summed E-state index contributed by atoms with van der Waals surface area (Å²) < 4.78 is 6.27. The van der Waals surface area contributed by atoms with Gasteiger partial charge in [-0.25, -0.2) is 5.43 Å². The summed E-state index contributed by atoms with van der Waals surface area (Å²) in [5.74, 6) is 2.30. The Labute approximate surface area is 225 Å². The molecule has 7 heteroatoms. The lowest BCUT2D eigenvalue weighted by atomic mass is 9.74. The maximum Gasteiger partial charge on any atom is 0.223 e. The first-order chi connectivity index (χ1) is 18.1. The Morgan fingerprint density at radius 2 is 1.81 bits per heavy atom. The molecular weight excluding hydrogens is 480 g/mol. The second kappa shape index (κ2) is 11.4. The third-order valence-corrected chi connectivity index (χ3v) is 10.1. The van der Waals surface area contributed by atoms with Crippen LogP contribution in [0.2, 0.25) is 0 Å². The average Bonchev–Trinajstić information content (AvgIpc) is 3.71. The number of thiophene rings is 1. The van der Waals surface area contributed by atoms with Crippen molar-refractivity contribution in [2.45, 2.75) is 82.0 Å². The molecule has 0 spiro atoms. The van der Waals surface area contributed by atoms with E-state index < -0.39 is 0 Å². The molecule has 4 fully saturated rings. The first-order valence-corrected chi connectivity index (χ1v) is 15.4. The number of likely N-dealkylation sites (tertiary alicyclic amines) is 1. The summed E-state index contributed by atoms with van der Waals surface area (Å²) in [5.41, 5.74) is 9.68. The fourth-order valence-corrected chi connectivity index (χ4v) is 7.86. The number of hydrogen-bond acceptors (Lipinski definition) is 6. The molecule has 2 aromatic rings. The number of hydrazine groups is 1. The molecule has 2 saturated heterocycles. The summed E-state index contributed by atoms with van der Waals surface area (Å²) in [4.78, 5) is 15.9. The maximum atomic E-state index is 13.6. The molecule has 3 heterocycles. The Morgan fingerprint density at radius 1 is 1.03 bits per heavy atom. The molecule has 1 aromatic heterocycles. The van der Waals surface area contributed by atoms with Crippen molar-refractivity contribution < 1.29 is 9.53 Å². The lowest BCUT2D eigenvalue weighted by Gasteiger charge is -2.34. The largest absolute Gasteiger partial charge is 0.490 e. The number of hydrogen-bond donors (Lipinski definition) is 3. The summed E-state index contributed by atoms with van der Waals surface area (Å²) >= 11 is 1.73.